The van der Waals surface area contributed by atoms with Gasteiger partial charge in [0, 0.05) is 30.0 Å². The van der Waals surface area contributed by atoms with E-state index in [-0.39, 0.29) is 36.1 Å². The fraction of sp³-hybridized carbons (Fsp3) is 0.333. The van der Waals surface area contributed by atoms with Crippen LogP contribution < -0.4 is 10.1 Å². The molecular weight excluding hydrogens is 421 g/mol. The van der Waals surface area contributed by atoms with Crippen molar-refractivity contribution < 1.29 is 14.3 Å². The summed E-state index contributed by atoms with van der Waals surface area (Å²) in [6.45, 7) is 3.97. The van der Waals surface area contributed by atoms with Crippen LogP contribution in [0.15, 0.2) is 53.7 Å². The van der Waals surface area contributed by atoms with Crippen molar-refractivity contribution in [3.8, 4) is 5.75 Å². The monoisotopic (exact) mass is 443 g/mol. The van der Waals surface area contributed by atoms with Gasteiger partial charge in [0.25, 0.3) is 0 Å². The van der Waals surface area contributed by atoms with Crippen LogP contribution in [0.2, 0.25) is 10.0 Å². The number of nitrogens with one attached hydrogen (secondary N) is 1. The summed E-state index contributed by atoms with van der Waals surface area (Å²) in [7, 11) is 0. The number of halogens is 2. The summed E-state index contributed by atoms with van der Waals surface area (Å²) >= 11 is 12.2. The Bertz CT molecular complexity index is 1030. The van der Waals surface area contributed by atoms with Crippen LogP contribution in [0.1, 0.15) is 56.1 Å². The third kappa shape index (κ3) is 4.26. The topological polar surface area (TPSA) is 55.4 Å². The minimum Gasteiger partial charge on any atom is -0.491 e. The van der Waals surface area contributed by atoms with Gasteiger partial charge in [-0.05, 0) is 61.6 Å². The van der Waals surface area contributed by atoms with Gasteiger partial charge >= 0.3 is 0 Å². The maximum atomic E-state index is 13.2. The molecule has 2 atom stereocenters. The lowest BCUT2D eigenvalue weighted by atomic mass is 9.73. The molecule has 4 nitrogen and oxygen atoms in total. The second kappa shape index (κ2) is 8.44. The average Bonchev–Trinajstić information content (AvgIpc) is 2.69. The molecule has 0 saturated heterocycles. The second-order valence-electron chi connectivity index (χ2n) is 8.13. The summed E-state index contributed by atoms with van der Waals surface area (Å²) in [6, 6.07) is 13.2. The van der Waals surface area contributed by atoms with Crippen molar-refractivity contribution in [2.75, 3.05) is 0 Å². The molecule has 0 fully saturated rings. The Balaban J connectivity index is 1.63. The van der Waals surface area contributed by atoms with Gasteiger partial charge < -0.3 is 10.1 Å². The second-order valence-corrected chi connectivity index (χ2v) is 8.95. The summed E-state index contributed by atoms with van der Waals surface area (Å²) in [5.41, 5.74) is 3.33. The SMILES string of the molecule is CC(C)Oc1ccc(C2CC(=O)C3=C(C2)NC(=O)CC3c2ccc(Cl)c(Cl)c2)cc1. The third-order valence-electron chi connectivity index (χ3n) is 5.61. The highest BCUT2D eigenvalue weighted by atomic mass is 35.5. The Morgan fingerprint density at radius 3 is 2.30 bits per heavy atom. The van der Waals surface area contributed by atoms with E-state index in [4.69, 9.17) is 27.9 Å². The summed E-state index contributed by atoms with van der Waals surface area (Å²) in [4.78, 5) is 25.6. The molecule has 0 spiro atoms. The van der Waals surface area contributed by atoms with Crippen molar-refractivity contribution in [1.29, 1.82) is 0 Å². The lowest BCUT2D eigenvalue weighted by Gasteiger charge is -2.34. The zero-order valence-electron chi connectivity index (χ0n) is 16.9. The number of allylic oxidation sites excluding steroid dienone is 2. The minimum atomic E-state index is -0.293. The van der Waals surface area contributed by atoms with Gasteiger partial charge in [-0.15, -0.1) is 0 Å². The van der Waals surface area contributed by atoms with Crippen LogP contribution in [0.25, 0.3) is 0 Å². The van der Waals surface area contributed by atoms with E-state index in [1.807, 2.05) is 44.2 Å². The highest BCUT2D eigenvalue weighted by Crippen LogP contribution is 2.43. The van der Waals surface area contributed by atoms with Gasteiger partial charge in [0.05, 0.1) is 16.1 Å². The number of carbonyl (C=O) groups is 2. The first-order valence-electron chi connectivity index (χ1n) is 10.1. The van der Waals surface area contributed by atoms with Crippen molar-refractivity contribution in [3.05, 3.63) is 74.9 Å². The maximum Gasteiger partial charge on any atom is 0.225 e. The van der Waals surface area contributed by atoms with Gasteiger partial charge in [0.1, 0.15) is 5.75 Å². The molecule has 4 rings (SSSR count). The highest BCUT2D eigenvalue weighted by molar-refractivity contribution is 6.42. The zero-order chi connectivity index (χ0) is 21.4. The van der Waals surface area contributed by atoms with Crippen LogP contribution in [0.5, 0.6) is 5.75 Å². The molecule has 1 N–H and O–H groups in total. The number of Topliss-reactive ketones (excluding diaryl/α,β-unsaturated/α-hetero) is 1. The summed E-state index contributed by atoms with van der Waals surface area (Å²) in [5.74, 6) is 0.524. The van der Waals surface area contributed by atoms with Gasteiger partial charge in [0.15, 0.2) is 5.78 Å². The molecule has 156 valence electrons. The van der Waals surface area contributed by atoms with Crippen molar-refractivity contribution in [3.63, 3.8) is 0 Å². The molecular formula is C24H23Cl2NO3. The molecule has 1 heterocycles. The number of carbonyl (C=O) groups excluding carboxylic acids is 2. The smallest absolute Gasteiger partial charge is 0.225 e. The Labute approximate surface area is 186 Å². The third-order valence-corrected chi connectivity index (χ3v) is 6.34. The first-order valence-corrected chi connectivity index (χ1v) is 10.8. The number of benzene rings is 2. The molecule has 2 aliphatic rings. The van der Waals surface area contributed by atoms with Crippen LogP contribution in [0, 0.1) is 0 Å². The zero-order valence-corrected chi connectivity index (χ0v) is 18.4. The van der Waals surface area contributed by atoms with E-state index in [0.29, 0.717) is 28.5 Å². The molecule has 2 unspecified atom stereocenters. The molecule has 2 aromatic rings. The highest BCUT2D eigenvalue weighted by Gasteiger charge is 2.38. The molecule has 0 aromatic heterocycles. The molecule has 30 heavy (non-hydrogen) atoms. The molecule has 0 saturated carbocycles. The van der Waals surface area contributed by atoms with Crippen molar-refractivity contribution in [2.45, 2.75) is 51.0 Å². The molecule has 0 bridgehead atoms. The van der Waals surface area contributed by atoms with Gasteiger partial charge in [-0.2, -0.15) is 0 Å². The van der Waals surface area contributed by atoms with Crippen LogP contribution in [0.4, 0.5) is 0 Å². The van der Waals surface area contributed by atoms with E-state index in [2.05, 4.69) is 5.32 Å². The molecule has 2 aromatic carbocycles. The molecule has 0 radical (unpaired) electrons. The van der Waals surface area contributed by atoms with Crippen LogP contribution >= 0.6 is 23.2 Å². The first kappa shape index (κ1) is 21.0. The summed E-state index contributed by atoms with van der Waals surface area (Å²) in [5, 5.41) is 3.82. The van der Waals surface area contributed by atoms with Crippen molar-refractivity contribution in [2.24, 2.45) is 0 Å². The lowest BCUT2D eigenvalue weighted by Crippen LogP contribution is -2.38. The normalized spacial score (nSPS) is 21.5. The van der Waals surface area contributed by atoms with E-state index in [0.717, 1.165) is 22.6 Å². The van der Waals surface area contributed by atoms with Gasteiger partial charge in [0.2, 0.25) is 5.91 Å². The van der Waals surface area contributed by atoms with E-state index in [9.17, 15) is 9.59 Å². The number of ether oxygens (including phenoxy) is 1. The minimum absolute atomic E-state index is 0.0252. The summed E-state index contributed by atoms with van der Waals surface area (Å²) in [6.07, 6.45) is 1.37. The molecule has 6 heteroatoms. The predicted octanol–water partition coefficient (Wildman–Crippen LogP) is 5.78. The number of hydrogen-bond donors (Lipinski definition) is 1. The van der Waals surface area contributed by atoms with E-state index < -0.39 is 0 Å². The average molecular weight is 444 g/mol. The van der Waals surface area contributed by atoms with Gasteiger partial charge in [-0.1, -0.05) is 41.4 Å². The van der Waals surface area contributed by atoms with E-state index >= 15 is 0 Å². The van der Waals surface area contributed by atoms with Crippen LogP contribution in [-0.4, -0.2) is 17.8 Å². The predicted molar refractivity (Wildman–Crippen MR) is 118 cm³/mol. The standard InChI is InChI=1S/C24H23Cl2NO3/c1-13(2)30-17-6-3-14(4-7-17)16-10-21-24(22(28)11-16)18(12-23(29)27-21)15-5-8-19(25)20(26)9-15/h3-9,13,16,18H,10-12H2,1-2H3,(H,27,29). The number of ketones is 1. The van der Waals surface area contributed by atoms with Crippen molar-refractivity contribution in [1.82, 2.24) is 5.32 Å². The number of rotatable bonds is 4. The number of amides is 1. The first-order chi connectivity index (χ1) is 14.3. The fourth-order valence-electron chi connectivity index (χ4n) is 4.30. The maximum absolute atomic E-state index is 13.2. The Morgan fingerprint density at radius 1 is 0.933 bits per heavy atom. The largest absolute Gasteiger partial charge is 0.491 e. The van der Waals surface area contributed by atoms with Crippen LogP contribution in [0.3, 0.4) is 0 Å². The Kier molecular flexibility index (Phi) is 5.90. The number of hydrogen-bond acceptors (Lipinski definition) is 3. The Morgan fingerprint density at radius 2 is 1.63 bits per heavy atom. The van der Waals surface area contributed by atoms with Crippen molar-refractivity contribution >= 4 is 34.9 Å². The summed E-state index contributed by atoms with van der Waals surface area (Å²) < 4.78 is 5.71. The Hall–Kier alpha value is -2.30. The lowest BCUT2D eigenvalue weighted by molar-refractivity contribution is -0.122. The van der Waals surface area contributed by atoms with Gasteiger partial charge in [-0.25, -0.2) is 0 Å². The molecule has 1 aliphatic carbocycles. The molecule has 1 amide bonds. The molecule has 1 aliphatic heterocycles. The van der Waals surface area contributed by atoms with Crippen LogP contribution in [-0.2, 0) is 9.59 Å². The van der Waals surface area contributed by atoms with Gasteiger partial charge in [-0.3, -0.25) is 9.59 Å². The quantitative estimate of drug-likeness (QED) is 0.650. The van der Waals surface area contributed by atoms with E-state index in [1.54, 1.807) is 12.1 Å². The van der Waals surface area contributed by atoms with E-state index in [1.165, 1.54) is 0 Å². The fourth-order valence-corrected chi connectivity index (χ4v) is 4.61.